The van der Waals surface area contributed by atoms with Gasteiger partial charge in [-0.05, 0) is 42.8 Å². The number of carbonyl (C=O) groups excluding carboxylic acids is 1. The van der Waals surface area contributed by atoms with Crippen molar-refractivity contribution in [1.82, 2.24) is 20.1 Å². The van der Waals surface area contributed by atoms with E-state index in [9.17, 15) is 13.6 Å². The Morgan fingerprint density at radius 1 is 1.17 bits per heavy atom. The topological polar surface area (TPSA) is 96.7 Å². The maximum Gasteiger partial charge on any atom is 0.226 e. The molecule has 0 aliphatic carbocycles. The summed E-state index contributed by atoms with van der Waals surface area (Å²) in [6.07, 6.45) is 2.10. The predicted molar refractivity (Wildman–Crippen MR) is 107 cm³/mol. The summed E-state index contributed by atoms with van der Waals surface area (Å²) in [4.78, 5) is 23.7. The normalized spacial score (nSPS) is 11.2. The summed E-state index contributed by atoms with van der Waals surface area (Å²) in [5.74, 6) is 0.120. The monoisotopic (exact) mass is 411 g/mol. The lowest BCUT2D eigenvalue weighted by atomic mass is 10.2. The van der Waals surface area contributed by atoms with Crippen LogP contribution in [0.2, 0.25) is 0 Å². The van der Waals surface area contributed by atoms with Gasteiger partial charge < -0.3 is 14.8 Å². The van der Waals surface area contributed by atoms with Crippen LogP contribution in [0.25, 0.3) is 22.4 Å². The summed E-state index contributed by atoms with van der Waals surface area (Å²) in [5, 5.41) is 6.64. The van der Waals surface area contributed by atoms with Gasteiger partial charge >= 0.3 is 0 Å². The molecule has 2 aromatic heterocycles. The number of anilines is 1. The number of H-pyrrole nitrogens is 1. The Labute approximate surface area is 170 Å². The Hall–Kier alpha value is -3.62. The van der Waals surface area contributed by atoms with Gasteiger partial charge in [-0.25, -0.2) is 13.8 Å². The molecule has 2 heterocycles. The molecule has 0 fully saturated rings. The zero-order valence-electron chi connectivity index (χ0n) is 16.2. The first-order chi connectivity index (χ1) is 14.5. The second-order valence-electron chi connectivity index (χ2n) is 6.80. The van der Waals surface area contributed by atoms with Crippen LogP contribution in [0.5, 0.6) is 0 Å². The standard InChI is InChI=1S/C21H19F2N5O2/c1-2-18-27-20(30-28-18)5-3-4-19(29)24-13-7-9-16-17(11-13)26-21(25-16)14-10-12(22)6-8-15(14)23/h6-11H,2-5H2,1H3,(H,24,29)(H,25,26). The molecule has 7 nitrogen and oxygen atoms in total. The molecule has 154 valence electrons. The van der Waals surface area contributed by atoms with Crippen molar-refractivity contribution >= 4 is 22.6 Å². The molecule has 0 saturated heterocycles. The Kier molecular flexibility index (Phi) is 5.51. The Balaban J connectivity index is 1.40. The predicted octanol–water partition coefficient (Wildman–Crippen LogP) is 4.41. The van der Waals surface area contributed by atoms with Crippen molar-refractivity contribution in [2.24, 2.45) is 0 Å². The molecular weight excluding hydrogens is 392 g/mol. The van der Waals surface area contributed by atoms with Crippen molar-refractivity contribution in [1.29, 1.82) is 0 Å². The highest BCUT2D eigenvalue weighted by molar-refractivity contribution is 5.93. The molecule has 0 spiro atoms. The molecule has 0 atom stereocenters. The SMILES string of the molecule is CCc1noc(CCCC(=O)Nc2ccc3nc(-c4cc(F)ccc4F)[nH]c3c2)n1. The highest BCUT2D eigenvalue weighted by atomic mass is 19.1. The molecule has 0 bridgehead atoms. The lowest BCUT2D eigenvalue weighted by molar-refractivity contribution is -0.116. The highest BCUT2D eigenvalue weighted by Gasteiger charge is 2.12. The van der Waals surface area contributed by atoms with Crippen molar-refractivity contribution < 1.29 is 18.1 Å². The van der Waals surface area contributed by atoms with E-state index in [2.05, 4.69) is 25.4 Å². The Bertz CT molecular complexity index is 1200. The van der Waals surface area contributed by atoms with Crippen molar-refractivity contribution in [3.05, 3.63) is 59.7 Å². The molecule has 1 amide bonds. The summed E-state index contributed by atoms with van der Waals surface area (Å²) in [7, 11) is 0. The number of benzene rings is 2. The van der Waals surface area contributed by atoms with Gasteiger partial charge in [0.05, 0.1) is 16.6 Å². The van der Waals surface area contributed by atoms with E-state index in [0.717, 1.165) is 18.2 Å². The van der Waals surface area contributed by atoms with E-state index >= 15 is 0 Å². The second-order valence-corrected chi connectivity index (χ2v) is 6.80. The van der Waals surface area contributed by atoms with Crippen LogP contribution in [-0.4, -0.2) is 26.0 Å². The average Bonchev–Trinajstić information content (AvgIpc) is 3.36. The number of carbonyl (C=O) groups is 1. The second kappa shape index (κ2) is 8.40. The third-order valence-electron chi connectivity index (χ3n) is 4.57. The molecule has 0 aliphatic heterocycles. The summed E-state index contributed by atoms with van der Waals surface area (Å²) < 4.78 is 32.6. The van der Waals surface area contributed by atoms with Gasteiger partial charge in [-0.2, -0.15) is 4.98 Å². The quantitative estimate of drug-likeness (QED) is 0.469. The van der Waals surface area contributed by atoms with Gasteiger partial charge in [0, 0.05) is 24.9 Å². The smallest absolute Gasteiger partial charge is 0.226 e. The third kappa shape index (κ3) is 4.35. The minimum absolute atomic E-state index is 0.0454. The van der Waals surface area contributed by atoms with Crippen LogP contribution >= 0.6 is 0 Å². The van der Waals surface area contributed by atoms with Crippen LogP contribution in [0.3, 0.4) is 0 Å². The van der Waals surface area contributed by atoms with Gasteiger partial charge in [-0.3, -0.25) is 4.79 Å². The fourth-order valence-electron chi connectivity index (χ4n) is 3.05. The van der Waals surface area contributed by atoms with E-state index in [-0.39, 0.29) is 17.3 Å². The van der Waals surface area contributed by atoms with E-state index < -0.39 is 11.6 Å². The van der Waals surface area contributed by atoms with E-state index in [1.165, 1.54) is 0 Å². The average molecular weight is 411 g/mol. The van der Waals surface area contributed by atoms with Crippen molar-refractivity contribution in [3.63, 3.8) is 0 Å². The zero-order chi connectivity index (χ0) is 21.1. The van der Waals surface area contributed by atoms with Crippen LogP contribution in [0, 0.1) is 11.6 Å². The van der Waals surface area contributed by atoms with Crippen LogP contribution in [0.15, 0.2) is 40.9 Å². The lowest BCUT2D eigenvalue weighted by Gasteiger charge is -2.04. The summed E-state index contributed by atoms with van der Waals surface area (Å²) in [6, 6.07) is 8.30. The minimum atomic E-state index is -0.573. The van der Waals surface area contributed by atoms with Gasteiger partial charge in [-0.1, -0.05) is 12.1 Å². The number of amides is 1. The van der Waals surface area contributed by atoms with Crippen LogP contribution in [0.4, 0.5) is 14.5 Å². The van der Waals surface area contributed by atoms with Crippen LogP contribution in [-0.2, 0) is 17.6 Å². The van der Waals surface area contributed by atoms with E-state index in [0.29, 0.717) is 54.1 Å². The van der Waals surface area contributed by atoms with Crippen molar-refractivity contribution in [2.75, 3.05) is 5.32 Å². The fraction of sp³-hybridized carbons (Fsp3) is 0.238. The molecule has 2 aromatic carbocycles. The van der Waals surface area contributed by atoms with Gasteiger partial charge in [-0.15, -0.1) is 0 Å². The van der Waals surface area contributed by atoms with Crippen LogP contribution < -0.4 is 5.32 Å². The number of aromatic amines is 1. The number of aromatic nitrogens is 4. The molecule has 2 N–H and O–H groups in total. The molecule has 4 rings (SSSR count). The third-order valence-corrected chi connectivity index (χ3v) is 4.57. The van der Waals surface area contributed by atoms with Gasteiger partial charge in [0.25, 0.3) is 0 Å². The number of nitrogens with zero attached hydrogens (tertiary/aromatic N) is 3. The van der Waals surface area contributed by atoms with Gasteiger partial charge in [0.15, 0.2) is 5.82 Å². The molecule has 0 unspecified atom stereocenters. The van der Waals surface area contributed by atoms with E-state index in [1.807, 2.05) is 6.92 Å². The number of nitrogens with one attached hydrogen (secondary N) is 2. The lowest BCUT2D eigenvalue weighted by Crippen LogP contribution is -2.11. The number of fused-ring (bicyclic) bond motifs is 1. The molecule has 0 saturated carbocycles. The summed E-state index contributed by atoms with van der Waals surface area (Å²) in [5.41, 5.74) is 1.80. The van der Waals surface area contributed by atoms with Crippen LogP contribution in [0.1, 0.15) is 31.5 Å². The number of hydrogen-bond acceptors (Lipinski definition) is 5. The molecule has 4 aromatic rings. The first-order valence-corrected chi connectivity index (χ1v) is 9.58. The van der Waals surface area contributed by atoms with Crippen molar-refractivity contribution in [2.45, 2.75) is 32.6 Å². The Morgan fingerprint density at radius 3 is 2.83 bits per heavy atom. The fourth-order valence-corrected chi connectivity index (χ4v) is 3.05. The summed E-state index contributed by atoms with van der Waals surface area (Å²) in [6.45, 7) is 1.94. The number of rotatable bonds is 7. The maximum atomic E-state index is 14.0. The van der Waals surface area contributed by atoms with Gasteiger partial charge in [0.1, 0.15) is 17.5 Å². The summed E-state index contributed by atoms with van der Waals surface area (Å²) >= 11 is 0. The molecule has 9 heteroatoms. The number of imidazole rings is 1. The Morgan fingerprint density at radius 2 is 2.03 bits per heavy atom. The van der Waals surface area contributed by atoms with E-state index in [4.69, 9.17) is 4.52 Å². The largest absolute Gasteiger partial charge is 0.339 e. The van der Waals surface area contributed by atoms with Crippen molar-refractivity contribution in [3.8, 4) is 11.4 Å². The maximum absolute atomic E-state index is 14.0. The molecule has 0 radical (unpaired) electrons. The molecular formula is C21H19F2N5O2. The first kappa shape index (κ1) is 19.7. The zero-order valence-corrected chi connectivity index (χ0v) is 16.2. The van der Waals surface area contributed by atoms with Gasteiger partial charge in [0.2, 0.25) is 11.8 Å². The number of halogens is 2. The minimum Gasteiger partial charge on any atom is -0.339 e. The highest BCUT2D eigenvalue weighted by Crippen LogP contribution is 2.25. The van der Waals surface area contributed by atoms with E-state index in [1.54, 1.807) is 18.2 Å². The molecule has 0 aliphatic rings. The molecule has 30 heavy (non-hydrogen) atoms. The number of hydrogen-bond donors (Lipinski definition) is 2. The number of aryl methyl sites for hydroxylation is 2. The first-order valence-electron chi connectivity index (χ1n) is 9.58.